The van der Waals surface area contributed by atoms with Crippen molar-refractivity contribution in [2.24, 2.45) is 0 Å². The first-order chi connectivity index (χ1) is 33.0. The van der Waals surface area contributed by atoms with E-state index in [2.05, 4.69) is 10.1 Å². The van der Waals surface area contributed by atoms with Gasteiger partial charge in [-0.05, 0) is 109 Å². The van der Waals surface area contributed by atoms with Crippen molar-refractivity contribution in [3.8, 4) is 34.5 Å². The van der Waals surface area contributed by atoms with E-state index in [0.29, 0.717) is 17.0 Å². The minimum absolute atomic E-state index is 0.0141. The molecule has 0 fully saturated rings. The molecule has 70 heavy (non-hydrogen) atoms. The second kappa shape index (κ2) is 26.1. The SMILES string of the molecule is CC(C)Oc1c([N+](=O)[O-])ccc(C(=O)O)c1OCc1ccccc1.COC(=O)c1ccc(N)c(OC(C)C)c1.COC(=O)c1ccc(NC(=O)c2ccc([N+](=O)[O-])c(OC(C)C)c2O)c(OC(C)C)c1. The maximum absolute atomic E-state index is 12.8. The average Bonchev–Trinajstić information content (AvgIpc) is 3.29. The summed E-state index contributed by atoms with van der Waals surface area (Å²) in [5.41, 5.74) is 6.69. The van der Waals surface area contributed by atoms with Crippen molar-refractivity contribution in [3.63, 3.8) is 0 Å². The summed E-state index contributed by atoms with van der Waals surface area (Å²) in [7, 11) is 2.58. The molecule has 0 atom stereocenters. The molecule has 0 saturated heterocycles. The number of methoxy groups -OCH3 is 2. The Hall–Kier alpha value is -8.62. The molecule has 5 N–H and O–H groups in total. The van der Waals surface area contributed by atoms with Crippen molar-refractivity contribution in [1.29, 1.82) is 0 Å². The van der Waals surface area contributed by atoms with Crippen LogP contribution in [0.4, 0.5) is 22.7 Å². The Kier molecular flexibility index (Phi) is 20.7. The normalized spacial score (nSPS) is 10.5. The third-order valence-corrected chi connectivity index (χ3v) is 8.81. The number of anilines is 2. The highest BCUT2D eigenvalue weighted by Gasteiger charge is 2.29. The molecule has 0 aliphatic rings. The summed E-state index contributed by atoms with van der Waals surface area (Å²) in [6, 6.07) is 22.7. The lowest BCUT2D eigenvalue weighted by molar-refractivity contribution is -0.386. The number of carbonyl (C=O) groups is 4. The Bertz CT molecular complexity index is 2650. The number of hydrogen-bond acceptors (Lipinski definition) is 17. The van der Waals surface area contributed by atoms with Crippen molar-refractivity contribution in [2.45, 2.75) is 86.4 Å². The van der Waals surface area contributed by atoms with Crippen molar-refractivity contribution in [2.75, 3.05) is 25.3 Å². The zero-order valence-electron chi connectivity index (χ0n) is 40.2. The van der Waals surface area contributed by atoms with Gasteiger partial charge in [-0.2, -0.15) is 0 Å². The maximum Gasteiger partial charge on any atom is 0.339 e. The molecule has 0 aromatic heterocycles. The predicted molar refractivity (Wildman–Crippen MR) is 257 cm³/mol. The first-order valence-corrected chi connectivity index (χ1v) is 21.4. The van der Waals surface area contributed by atoms with E-state index >= 15 is 0 Å². The molecule has 0 spiro atoms. The zero-order chi connectivity index (χ0) is 52.4. The van der Waals surface area contributed by atoms with Gasteiger partial charge in [-0.15, -0.1) is 0 Å². The summed E-state index contributed by atoms with van der Waals surface area (Å²) in [6.45, 7) is 14.0. The van der Waals surface area contributed by atoms with Crippen molar-refractivity contribution >= 4 is 46.6 Å². The number of carboxylic acid groups (broad SMARTS) is 1. The van der Waals surface area contributed by atoms with Gasteiger partial charge in [0, 0.05) is 12.1 Å². The van der Waals surface area contributed by atoms with Crippen molar-refractivity contribution in [3.05, 3.63) is 139 Å². The van der Waals surface area contributed by atoms with E-state index in [1.54, 1.807) is 71.9 Å². The first kappa shape index (κ1) is 55.7. The van der Waals surface area contributed by atoms with Gasteiger partial charge in [0.1, 0.15) is 23.7 Å². The monoisotopic (exact) mass is 972 g/mol. The summed E-state index contributed by atoms with van der Waals surface area (Å²) in [6.07, 6.45) is -1.10. The standard InChI is InChI=1S/C21H24N2O8.C17H17NO6.C11H15NO3/c1-11(2)30-17-10-13(21(26)29-5)6-8-15(17)22-20(25)14-7-9-16(23(27)28)19(18(14)24)31-12(3)4;1-11(2)24-16-14(18(21)22)9-8-13(17(19)20)15(16)23-10-12-6-4-3-5-7-12;1-7(2)15-10-6-8(11(13)14-3)4-5-9(10)12/h6-12,24H,1-5H3,(H,22,25);3-9,11H,10H2,1-2H3,(H,19,20);4-7H,12H2,1-3H3. The number of nitrogens with two attached hydrogens (primary N) is 1. The molecular weight excluding hydrogens is 917 g/mol. The third-order valence-electron chi connectivity index (χ3n) is 8.81. The van der Waals surface area contributed by atoms with Gasteiger partial charge in [-0.25, -0.2) is 14.4 Å². The Labute approximate surface area is 403 Å². The molecule has 0 radical (unpaired) electrons. The van der Waals surface area contributed by atoms with Crippen LogP contribution < -0.4 is 34.7 Å². The summed E-state index contributed by atoms with van der Waals surface area (Å²) in [5, 5.41) is 44.9. The van der Waals surface area contributed by atoms with E-state index in [0.717, 1.165) is 29.8 Å². The fraction of sp³-hybridized carbons (Fsp3) is 0.306. The fourth-order valence-corrected chi connectivity index (χ4v) is 5.87. The number of phenolic OH excluding ortho intramolecular Hbond substituents is 1. The highest BCUT2D eigenvalue weighted by atomic mass is 16.6. The van der Waals surface area contributed by atoms with Crippen LogP contribution in [0.25, 0.3) is 0 Å². The number of aromatic carboxylic acids is 1. The number of carbonyl (C=O) groups excluding carboxylic acids is 3. The molecule has 0 saturated carbocycles. The molecule has 21 heteroatoms. The molecule has 0 aliphatic carbocycles. The second-order valence-electron chi connectivity index (χ2n) is 15.8. The number of amides is 1. The predicted octanol–water partition coefficient (Wildman–Crippen LogP) is 9.42. The Balaban J connectivity index is 0.000000295. The van der Waals surface area contributed by atoms with Crippen molar-refractivity contribution in [1.82, 2.24) is 0 Å². The summed E-state index contributed by atoms with van der Waals surface area (Å²) >= 11 is 0. The molecule has 0 aliphatic heterocycles. The van der Waals surface area contributed by atoms with E-state index in [4.69, 9.17) is 34.2 Å². The number of nitro benzene ring substituents is 2. The van der Waals surface area contributed by atoms with Crippen LogP contribution in [0.3, 0.4) is 0 Å². The Morgan fingerprint density at radius 3 is 1.59 bits per heavy atom. The van der Waals surface area contributed by atoms with Crippen LogP contribution in [-0.2, 0) is 16.1 Å². The number of carboxylic acids is 1. The summed E-state index contributed by atoms with van der Waals surface area (Å²) in [4.78, 5) is 68.5. The van der Waals surface area contributed by atoms with E-state index < -0.39 is 57.0 Å². The molecule has 0 bridgehead atoms. The number of aromatic hydroxyl groups is 1. The van der Waals surface area contributed by atoms with E-state index in [9.17, 15) is 49.6 Å². The number of rotatable bonds is 18. The Morgan fingerprint density at radius 2 is 1.09 bits per heavy atom. The van der Waals surface area contributed by atoms with Gasteiger partial charge in [0.15, 0.2) is 11.5 Å². The van der Waals surface area contributed by atoms with E-state index in [1.807, 2.05) is 32.0 Å². The van der Waals surface area contributed by atoms with Crippen LogP contribution in [0.2, 0.25) is 0 Å². The minimum Gasteiger partial charge on any atom is -0.504 e. The second-order valence-corrected chi connectivity index (χ2v) is 15.8. The van der Waals surface area contributed by atoms with Crippen LogP contribution in [0.15, 0.2) is 91.0 Å². The molecule has 5 aromatic rings. The van der Waals surface area contributed by atoms with Gasteiger partial charge in [0.2, 0.25) is 11.5 Å². The third kappa shape index (κ3) is 16.0. The number of esters is 2. The topological polar surface area (TPSA) is 298 Å². The van der Waals surface area contributed by atoms with Gasteiger partial charge in [0.25, 0.3) is 5.91 Å². The smallest absolute Gasteiger partial charge is 0.339 e. The summed E-state index contributed by atoms with van der Waals surface area (Å²) in [5.74, 6) is -3.62. The number of nitrogens with one attached hydrogen (secondary N) is 1. The average molecular weight is 973 g/mol. The van der Waals surface area contributed by atoms with Gasteiger partial charge >= 0.3 is 29.3 Å². The van der Waals surface area contributed by atoms with Crippen molar-refractivity contribution < 1.29 is 72.4 Å². The largest absolute Gasteiger partial charge is 0.504 e. The lowest BCUT2D eigenvalue weighted by Gasteiger charge is -2.17. The number of ether oxygens (including phenoxy) is 7. The minimum atomic E-state index is -1.25. The molecular formula is C49H56N4O17. The van der Waals surface area contributed by atoms with Crippen LogP contribution in [-0.4, -0.2) is 82.5 Å². The quantitative estimate of drug-likeness (QED) is 0.0275. The van der Waals surface area contributed by atoms with Gasteiger partial charge < -0.3 is 54.4 Å². The van der Waals surface area contributed by atoms with E-state index in [-0.39, 0.29) is 70.2 Å². The molecule has 0 unspecified atom stereocenters. The van der Waals surface area contributed by atoms with Gasteiger partial charge in [0.05, 0.1) is 76.5 Å². The molecule has 21 nitrogen and oxygen atoms in total. The molecule has 5 aromatic carbocycles. The first-order valence-electron chi connectivity index (χ1n) is 21.4. The zero-order valence-corrected chi connectivity index (χ0v) is 40.2. The number of benzene rings is 5. The lowest BCUT2D eigenvalue weighted by Crippen LogP contribution is -2.16. The molecule has 374 valence electrons. The number of nitrogens with zero attached hydrogens (tertiary/aromatic N) is 2. The van der Waals surface area contributed by atoms with Crippen LogP contribution in [0.5, 0.6) is 34.5 Å². The number of nitro groups is 2. The molecule has 5 rings (SSSR count). The van der Waals surface area contributed by atoms with Crippen LogP contribution in [0, 0.1) is 20.2 Å². The van der Waals surface area contributed by atoms with Crippen LogP contribution in [0.1, 0.15) is 102 Å². The van der Waals surface area contributed by atoms with E-state index in [1.165, 1.54) is 32.4 Å². The highest BCUT2D eigenvalue weighted by Crippen LogP contribution is 2.42. The highest BCUT2D eigenvalue weighted by molar-refractivity contribution is 6.08. The number of phenols is 1. The van der Waals surface area contributed by atoms with Crippen LogP contribution >= 0.6 is 0 Å². The lowest BCUT2D eigenvalue weighted by atomic mass is 10.1. The number of hydrogen-bond donors (Lipinski definition) is 4. The number of nitrogen functional groups attached to an aromatic ring is 1. The molecule has 1 amide bonds. The fourth-order valence-electron chi connectivity index (χ4n) is 5.87. The summed E-state index contributed by atoms with van der Waals surface area (Å²) < 4.78 is 36.9. The molecule has 0 heterocycles. The van der Waals surface area contributed by atoms with Gasteiger partial charge in [-0.3, -0.25) is 25.0 Å². The van der Waals surface area contributed by atoms with Gasteiger partial charge in [-0.1, -0.05) is 30.3 Å². The Morgan fingerprint density at radius 1 is 0.614 bits per heavy atom. The maximum atomic E-state index is 12.8.